The van der Waals surface area contributed by atoms with E-state index in [4.69, 9.17) is 4.74 Å². The molecule has 3 nitrogen and oxygen atoms in total. The van der Waals surface area contributed by atoms with E-state index < -0.39 is 0 Å². The summed E-state index contributed by atoms with van der Waals surface area (Å²) in [5, 5.41) is 6.64. The Morgan fingerprint density at radius 3 is 2.53 bits per heavy atom. The van der Waals surface area contributed by atoms with Crippen LogP contribution in [0.3, 0.4) is 0 Å². The molecule has 0 bridgehead atoms. The summed E-state index contributed by atoms with van der Waals surface area (Å²) >= 11 is 0. The molecule has 0 amide bonds. The second-order valence-electron chi connectivity index (χ2n) is 4.89. The van der Waals surface area contributed by atoms with Crippen molar-refractivity contribution in [2.24, 2.45) is 0 Å². The Kier molecular flexibility index (Phi) is 4.15. The highest BCUT2D eigenvalue weighted by atomic mass is 16.5. The van der Waals surface area contributed by atoms with Crippen molar-refractivity contribution < 1.29 is 4.74 Å². The Balaban J connectivity index is 1.74. The Labute approximate surface area is 104 Å². The molecule has 3 heteroatoms. The van der Waals surface area contributed by atoms with E-state index >= 15 is 0 Å². The monoisotopic (exact) mass is 234 g/mol. The fraction of sp³-hybridized carbons (Fsp3) is 0.571. The van der Waals surface area contributed by atoms with Gasteiger partial charge < -0.3 is 15.4 Å². The molecule has 1 aromatic rings. The number of hydrogen-bond acceptors (Lipinski definition) is 3. The molecule has 1 saturated carbocycles. The van der Waals surface area contributed by atoms with Gasteiger partial charge in [0.25, 0.3) is 0 Å². The largest absolute Gasteiger partial charge is 0.373 e. The normalized spacial score (nSPS) is 27.8. The molecule has 94 valence electrons. The van der Waals surface area contributed by atoms with Crippen LogP contribution in [-0.4, -0.2) is 32.3 Å². The smallest absolute Gasteiger partial charge is 0.0720 e. The van der Waals surface area contributed by atoms with Crippen molar-refractivity contribution in [3.63, 3.8) is 0 Å². The van der Waals surface area contributed by atoms with Crippen molar-refractivity contribution in [2.45, 2.75) is 31.1 Å². The maximum absolute atomic E-state index is 5.90. The van der Waals surface area contributed by atoms with Gasteiger partial charge in [-0.1, -0.05) is 30.3 Å². The van der Waals surface area contributed by atoms with Crippen LogP contribution in [0, 0.1) is 0 Å². The van der Waals surface area contributed by atoms with Gasteiger partial charge in [0, 0.05) is 12.1 Å². The molecular formula is C14H22N2O. The molecule has 1 aliphatic rings. The van der Waals surface area contributed by atoms with Gasteiger partial charge in [0.1, 0.15) is 0 Å². The summed E-state index contributed by atoms with van der Waals surface area (Å²) in [6.45, 7) is 1.74. The topological polar surface area (TPSA) is 33.3 Å². The molecule has 1 aromatic carbocycles. The van der Waals surface area contributed by atoms with Gasteiger partial charge in [0.15, 0.2) is 0 Å². The predicted molar refractivity (Wildman–Crippen MR) is 70.0 cm³/mol. The summed E-state index contributed by atoms with van der Waals surface area (Å²) in [6.07, 6.45) is 2.59. The summed E-state index contributed by atoms with van der Waals surface area (Å²) in [5.41, 5.74) is 1.50. The first-order valence-corrected chi connectivity index (χ1v) is 6.27. The van der Waals surface area contributed by atoms with Gasteiger partial charge in [0.05, 0.1) is 12.7 Å². The first-order valence-electron chi connectivity index (χ1n) is 6.27. The summed E-state index contributed by atoms with van der Waals surface area (Å²) in [4.78, 5) is 0. The van der Waals surface area contributed by atoms with Crippen LogP contribution >= 0.6 is 0 Å². The molecule has 17 heavy (non-hydrogen) atoms. The maximum Gasteiger partial charge on any atom is 0.0720 e. The highest BCUT2D eigenvalue weighted by molar-refractivity contribution is 5.13. The predicted octanol–water partition coefficient (Wildman–Crippen LogP) is 1.54. The third-order valence-corrected chi connectivity index (χ3v) is 3.61. The van der Waals surface area contributed by atoms with Crippen LogP contribution in [0.5, 0.6) is 0 Å². The van der Waals surface area contributed by atoms with Crippen molar-refractivity contribution in [1.29, 1.82) is 0 Å². The lowest BCUT2D eigenvalue weighted by Gasteiger charge is -2.47. The van der Waals surface area contributed by atoms with Crippen molar-refractivity contribution in [3.05, 3.63) is 35.9 Å². The van der Waals surface area contributed by atoms with Crippen LogP contribution < -0.4 is 10.6 Å². The van der Waals surface area contributed by atoms with Crippen LogP contribution in [0.2, 0.25) is 0 Å². The van der Waals surface area contributed by atoms with E-state index in [0.717, 1.165) is 26.0 Å². The second-order valence-corrected chi connectivity index (χ2v) is 4.89. The molecule has 0 radical (unpaired) electrons. The molecule has 0 heterocycles. The number of ether oxygens (including phenoxy) is 1. The van der Waals surface area contributed by atoms with E-state index in [1.54, 1.807) is 0 Å². The zero-order valence-corrected chi connectivity index (χ0v) is 10.7. The average molecular weight is 234 g/mol. The zero-order chi connectivity index (χ0) is 12.1. The second kappa shape index (κ2) is 5.63. The highest BCUT2D eigenvalue weighted by Gasteiger charge is 2.43. The number of likely N-dealkylation sites (N-methyl/N-ethyl adjacent to an activating group) is 2. The Morgan fingerprint density at radius 1 is 1.24 bits per heavy atom. The van der Waals surface area contributed by atoms with Gasteiger partial charge in [-0.15, -0.1) is 0 Å². The van der Waals surface area contributed by atoms with Crippen LogP contribution in [0.4, 0.5) is 0 Å². The van der Waals surface area contributed by atoms with Gasteiger partial charge in [-0.3, -0.25) is 0 Å². The molecule has 0 atom stereocenters. The molecule has 1 fully saturated rings. The third kappa shape index (κ3) is 3.06. The fourth-order valence-electron chi connectivity index (χ4n) is 2.49. The minimum absolute atomic E-state index is 0.246. The van der Waals surface area contributed by atoms with E-state index in [-0.39, 0.29) is 5.54 Å². The molecule has 1 aliphatic carbocycles. The summed E-state index contributed by atoms with van der Waals surface area (Å²) in [7, 11) is 4.03. The molecule has 0 aliphatic heterocycles. The Morgan fingerprint density at radius 2 is 1.94 bits per heavy atom. The number of rotatable bonds is 6. The average Bonchev–Trinajstić information content (AvgIpc) is 2.33. The van der Waals surface area contributed by atoms with Crippen molar-refractivity contribution >= 4 is 0 Å². The van der Waals surface area contributed by atoms with Crippen molar-refractivity contribution in [2.75, 3.05) is 20.6 Å². The molecular weight excluding hydrogens is 212 g/mol. The number of nitrogens with one attached hydrogen (secondary N) is 2. The minimum atomic E-state index is 0.246. The number of hydrogen-bond donors (Lipinski definition) is 2. The minimum Gasteiger partial charge on any atom is -0.373 e. The molecule has 2 N–H and O–H groups in total. The summed E-state index contributed by atoms with van der Waals surface area (Å²) in [6, 6.07) is 10.4. The van der Waals surface area contributed by atoms with Crippen LogP contribution in [0.15, 0.2) is 30.3 Å². The first kappa shape index (κ1) is 12.6. The van der Waals surface area contributed by atoms with E-state index in [1.165, 1.54) is 5.56 Å². The SMILES string of the molecule is CNCC1(NC)CC(OCc2ccccc2)C1. The van der Waals surface area contributed by atoms with Gasteiger partial charge >= 0.3 is 0 Å². The van der Waals surface area contributed by atoms with E-state index in [0.29, 0.717) is 6.10 Å². The molecule has 0 unspecified atom stereocenters. The van der Waals surface area contributed by atoms with Crippen LogP contribution in [0.25, 0.3) is 0 Å². The third-order valence-electron chi connectivity index (χ3n) is 3.61. The quantitative estimate of drug-likeness (QED) is 0.783. The first-order chi connectivity index (χ1) is 8.28. The van der Waals surface area contributed by atoms with Crippen molar-refractivity contribution in [3.8, 4) is 0 Å². The molecule has 2 rings (SSSR count). The molecule has 0 spiro atoms. The maximum atomic E-state index is 5.90. The lowest BCUT2D eigenvalue weighted by Crippen LogP contribution is -2.61. The Hall–Kier alpha value is -0.900. The fourth-order valence-corrected chi connectivity index (χ4v) is 2.49. The van der Waals surface area contributed by atoms with E-state index in [2.05, 4.69) is 34.9 Å². The number of benzene rings is 1. The van der Waals surface area contributed by atoms with Gasteiger partial charge in [-0.2, -0.15) is 0 Å². The Bertz CT molecular complexity index is 333. The van der Waals surface area contributed by atoms with Gasteiger partial charge in [-0.25, -0.2) is 0 Å². The highest BCUT2D eigenvalue weighted by Crippen LogP contribution is 2.34. The van der Waals surface area contributed by atoms with Crippen LogP contribution in [-0.2, 0) is 11.3 Å². The van der Waals surface area contributed by atoms with E-state index in [9.17, 15) is 0 Å². The summed E-state index contributed by atoms with van der Waals surface area (Å²) < 4.78 is 5.90. The zero-order valence-electron chi connectivity index (χ0n) is 10.7. The lowest BCUT2D eigenvalue weighted by molar-refractivity contribution is -0.0607. The van der Waals surface area contributed by atoms with Crippen LogP contribution in [0.1, 0.15) is 18.4 Å². The summed E-state index contributed by atoms with van der Waals surface area (Å²) in [5.74, 6) is 0. The van der Waals surface area contributed by atoms with Gasteiger partial charge in [-0.05, 0) is 32.5 Å². The molecule has 0 aromatic heterocycles. The van der Waals surface area contributed by atoms with E-state index in [1.807, 2.05) is 20.2 Å². The van der Waals surface area contributed by atoms with Crippen molar-refractivity contribution in [1.82, 2.24) is 10.6 Å². The van der Waals surface area contributed by atoms with Gasteiger partial charge in [0.2, 0.25) is 0 Å². The standard InChI is InChI=1S/C14H22N2O/c1-15-11-14(16-2)8-13(9-14)17-10-12-6-4-3-5-7-12/h3-7,13,15-16H,8-11H2,1-2H3. The molecule has 0 saturated heterocycles. The lowest BCUT2D eigenvalue weighted by atomic mass is 9.74.